The minimum absolute atomic E-state index is 0.307. The Kier molecular flexibility index (Phi) is 6.29. The SMILES string of the molecule is CN(CCNCC(O)COc1cccc(Br)c1)C1CC1. The van der Waals surface area contributed by atoms with Crippen LogP contribution in [-0.2, 0) is 0 Å². The van der Waals surface area contributed by atoms with E-state index in [0.29, 0.717) is 13.2 Å². The predicted molar refractivity (Wildman–Crippen MR) is 84.2 cm³/mol. The molecular weight excluding hydrogens is 320 g/mol. The lowest BCUT2D eigenvalue weighted by molar-refractivity contribution is 0.106. The van der Waals surface area contributed by atoms with E-state index < -0.39 is 6.10 Å². The lowest BCUT2D eigenvalue weighted by atomic mass is 10.3. The van der Waals surface area contributed by atoms with Gasteiger partial charge in [0.1, 0.15) is 18.5 Å². The standard InChI is InChI=1S/C15H23BrN2O2/c1-18(13-5-6-13)8-7-17-10-14(19)11-20-15-4-2-3-12(16)9-15/h2-4,9,13-14,17,19H,5-8,10-11H2,1H3. The van der Waals surface area contributed by atoms with Crippen molar-refractivity contribution in [2.45, 2.75) is 25.0 Å². The molecule has 20 heavy (non-hydrogen) atoms. The van der Waals surface area contributed by atoms with E-state index in [4.69, 9.17) is 4.74 Å². The summed E-state index contributed by atoms with van der Waals surface area (Å²) in [5.41, 5.74) is 0. The van der Waals surface area contributed by atoms with Crippen LogP contribution in [0.1, 0.15) is 12.8 Å². The Morgan fingerprint density at radius 2 is 2.30 bits per heavy atom. The molecule has 1 aromatic carbocycles. The number of hydrogen-bond donors (Lipinski definition) is 2. The molecule has 2 N–H and O–H groups in total. The zero-order chi connectivity index (χ0) is 14.4. The van der Waals surface area contributed by atoms with Crippen LogP contribution >= 0.6 is 15.9 Å². The topological polar surface area (TPSA) is 44.7 Å². The van der Waals surface area contributed by atoms with Crippen LogP contribution < -0.4 is 10.1 Å². The Bertz CT molecular complexity index is 413. The molecule has 4 nitrogen and oxygen atoms in total. The van der Waals surface area contributed by atoms with Crippen molar-refractivity contribution in [3.8, 4) is 5.75 Å². The summed E-state index contributed by atoms with van der Waals surface area (Å²) in [4.78, 5) is 2.37. The number of hydrogen-bond acceptors (Lipinski definition) is 4. The first-order chi connectivity index (χ1) is 9.65. The van der Waals surface area contributed by atoms with E-state index in [9.17, 15) is 5.11 Å². The summed E-state index contributed by atoms with van der Waals surface area (Å²) < 4.78 is 6.52. The molecule has 0 aliphatic heterocycles. The highest BCUT2D eigenvalue weighted by molar-refractivity contribution is 9.10. The molecule has 1 unspecified atom stereocenters. The monoisotopic (exact) mass is 342 g/mol. The van der Waals surface area contributed by atoms with Gasteiger partial charge in [0, 0.05) is 30.1 Å². The van der Waals surface area contributed by atoms with Gasteiger partial charge in [0.05, 0.1) is 0 Å². The van der Waals surface area contributed by atoms with Crippen molar-refractivity contribution in [3.05, 3.63) is 28.7 Å². The fraction of sp³-hybridized carbons (Fsp3) is 0.600. The minimum atomic E-state index is -0.486. The van der Waals surface area contributed by atoms with E-state index >= 15 is 0 Å². The molecule has 0 saturated heterocycles. The van der Waals surface area contributed by atoms with Crippen molar-refractivity contribution in [1.29, 1.82) is 0 Å². The number of halogens is 1. The second-order valence-electron chi connectivity index (χ2n) is 5.34. The average Bonchev–Trinajstić information content (AvgIpc) is 3.26. The Labute approximate surface area is 129 Å². The minimum Gasteiger partial charge on any atom is -0.491 e. The van der Waals surface area contributed by atoms with Crippen molar-refractivity contribution in [3.63, 3.8) is 0 Å². The maximum Gasteiger partial charge on any atom is 0.120 e. The first kappa shape index (κ1) is 15.8. The van der Waals surface area contributed by atoms with Crippen LogP contribution in [0.15, 0.2) is 28.7 Å². The lowest BCUT2D eigenvalue weighted by Crippen LogP contribution is -2.36. The first-order valence-corrected chi connectivity index (χ1v) is 7.92. The Morgan fingerprint density at radius 3 is 3.00 bits per heavy atom. The van der Waals surface area contributed by atoms with Crippen molar-refractivity contribution in [2.24, 2.45) is 0 Å². The molecule has 1 saturated carbocycles. The van der Waals surface area contributed by atoms with Crippen molar-refractivity contribution >= 4 is 15.9 Å². The van der Waals surface area contributed by atoms with Crippen molar-refractivity contribution in [2.75, 3.05) is 33.3 Å². The van der Waals surface area contributed by atoms with Gasteiger partial charge in [0.2, 0.25) is 0 Å². The van der Waals surface area contributed by atoms with Gasteiger partial charge in [-0.25, -0.2) is 0 Å². The summed E-state index contributed by atoms with van der Waals surface area (Å²) in [5, 5.41) is 13.1. The highest BCUT2D eigenvalue weighted by Crippen LogP contribution is 2.24. The van der Waals surface area contributed by atoms with Crippen LogP contribution in [-0.4, -0.2) is 55.4 Å². The molecule has 0 bridgehead atoms. The Balaban J connectivity index is 1.54. The van der Waals surface area contributed by atoms with E-state index in [0.717, 1.165) is 29.4 Å². The molecule has 0 aromatic heterocycles. The fourth-order valence-corrected chi connectivity index (χ4v) is 2.41. The third-order valence-electron chi connectivity index (χ3n) is 3.43. The van der Waals surface area contributed by atoms with Gasteiger partial charge >= 0.3 is 0 Å². The number of benzene rings is 1. The van der Waals surface area contributed by atoms with Crippen LogP contribution in [0.3, 0.4) is 0 Å². The quantitative estimate of drug-likeness (QED) is 0.672. The van der Waals surface area contributed by atoms with E-state index in [-0.39, 0.29) is 0 Å². The van der Waals surface area contributed by atoms with E-state index in [2.05, 4.69) is 33.2 Å². The highest BCUT2D eigenvalue weighted by atomic mass is 79.9. The second kappa shape index (κ2) is 7.98. The molecule has 112 valence electrons. The smallest absolute Gasteiger partial charge is 0.120 e. The number of likely N-dealkylation sites (N-methyl/N-ethyl adjacent to an activating group) is 1. The highest BCUT2D eigenvalue weighted by Gasteiger charge is 2.25. The summed E-state index contributed by atoms with van der Waals surface area (Å²) >= 11 is 3.39. The average molecular weight is 343 g/mol. The largest absolute Gasteiger partial charge is 0.491 e. The Hall–Kier alpha value is -0.620. The number of aliphatic hydroxyl groups excluding tert-OH is 1. The summed E-state index contributed by atoms with van der Waals surface area (Å²) in [7, 11) is 2.16. The van der Waals surface area contributed by atoms with Crippen LogP contribution in [0.5, 0.6) is 5.75 Å². The number of ether oxygens (including phenoxy) is 1. The van der Waals surface area contributed by atoms with Crippen LogP contribution in [0, 0.1) is 0 Å². The van der Waals surface area contributed by atoms with Crippen molar-refractivity contribution in [1.82, 2.24) is 10.2 Å². The maximum atomic E-state index is 9.85. The lowest BCUT2D eigenvalue weighted by Gasteiger charge is -2.17. The molecular formula is C15H23BrN2O2. The third kappa shape index (κ3) is 5.79. The van der Waals surface area contributed by atoms with Gasteiger partial charge in [0.15, 0.2) is 0 Å². The van der Waals surface area contributed by atoms with Crippen LogP contribution in [0.4, 0.5) is 0 Å². The summed E-state index contributed by atoms with van der Waals surface area (Å²) in [5.74, 6) is 0.770. The molecule has 1 fully saturated rings. The molecule has 0 radical (unpaired) electrons. The van der Waals surface area contributed by atoms with Crippen LogP contribution in [0.25, 0.3) is 0 Å². The number of rotatable bonds is 9. The second-order valence-corrected chi connectivity index (χ2v) is 6.25. The molecule has 1 aromatic rings. The number of nitrogens with one attached hydrogen (secondary N) is 1. The molecule has 0 spiro atoms. The molecule has 1 aliphatic rings. The zero-order valence-corrected chi connectivity index (χ0v) is 13.5. The molecule has 2 rings (SSSR count). The predicted octanol–water partition coefficient (Wildman–Crippen LogP) is 1.87. The van der Waals surface area contributed by atoms with Gasteiger partial charge in [0.25, 0.3) is 0 Å². The summed E-state index contributed by atoms with van der Waals surface area (Å²) in [6.45, 7) is 2.80. The van der Waals surface area contributed by atoms with E-state index in [1.165, 1.54) is 12.8 Å². The van der Waals surface area contributed by atoms with Crippen LogP contribution in [0.2, 0.25) is 0 Å². The van der Waals surface area contributed by atoms with Gasteiger partial charge < -0.3 is 20.1 Å². The van der Waals surface area contributed by atoms with Gasteiger partial charge in [-0.15, -0.1) is 0 Å². The normalized spacial score (nSPS) is 16.4. The number of nitrogens with zero attached hydrogens (tertiary/aromatic N) is 1. The third-order valence-corrected chi connectivity index (χ3v) is 3.92. The molecule has 0 heterocycles. The van der Waals surface area contributed by atoms with Crippen molar-refractivity contribution < 1.29 is 9.84 Å². The Morgan fingerprint density at radius 1 is 1.50 bits per heavy atom. The number of aliphatic hydroxyl groups is 1. The van der Waals surface area contributed by atoms with Gasteiger partial charge in [-0.1, -0.05) is 22.0 Å². The molecule has 1 atom stereocenters. The molecule has 0 amide bonds. The van der Waals surface area contributed by atoms with Gasteiger partial charge in [-0.3, -0.25) is 0 Å². The maximum absolute atomic E-state index is 9.85. The first-order valence-electron chi connectivity index (χ1n) is 7.12. The summed E-state index contributed by atoms with van der Waals surface area (Å²) in [6, 6.07) is 8.43. The van der Waals surface area contributed by atoms with Gasteiger partial charge in [-0.05, 0) is 38.1 Å². The molecule has 1 aliphatic carbocycles. The fourth-order valence-electron chi connectivity index (χ4n) is 2.03. The zero-order valence-electron chi connectivity index (χ0n) is 11.9. The van der Waals surface area contributed by atoms with E-state index in [1.54, 1.807) is 0 Å². The van der Waals surface area contributed by atoms with Gasteiger partial charge in [-0.2, -0.15) is 0 Å². The summed E-state index contributed by atoms with van der Waals surface area (Å²) in [6.07, 6.45) is 2.18. The molecule has 5 heteroatoms. The van der Waals surface area contributed by atoms with E-state index in [1.807, 2.05) is 24.3 Å².